The molecule has 1 aliphatic carbocycles. The van der Waals surface area contributed by atoms with Crippen molar-refractivity contribution in [1.29, 1.82) is 0 Å². The van der Waals surface area contributed by atoms with Crippen LogP contribution in [0.4, 0.5) is 5.69 Å². The standard InChI is InChI=1S/C17H20N2OS/c1-11(12-5-3-7-14(18)9-12)19(2)17(20)16-10-13-6-4-8-15(13)21-16/h3,5,7,9-11H,4,6,8,18H2,1-2H3. The van der Waals surface area contributed by atoms with Crippen molar-refractivity contribution in [3.05, 3.63) is 51.2 Å². The Balaban J connectivity index is 1.80. The number of anilines is 1. The minimum atomic E-state index is 0.0120. The molecule has 1 heterocycles. The highest BCUT2D eigenvalue weighted by Crippen LogP contribution is 2.32. The predicted octanol–water partition coefficient (Wildman–Crippen LogP) is 3.65. The minimum absolute atomic E-state index is 0.0120. The van der Waals surface area contributed by atoms with Gasteiger partial charge in [-0.15, -0.1) is 11.3 Å². The molecule has 2 aromatic rings. The normalized spacial score (nSPS) is 14.8. The topological polar surface area (TPSA) is 46.3 Å². The van der Waals surface area contributed by atoms with Crippen LogP contribution in [0.2, 0.25) is 0 Å². The lowest BCUT2D eigenvalue weighted by atomic mass is 10.1. The van der Waals surface area contributed by atoms with Crippen LogP contribution in [0.5, 0.6) is 0 Å². The van der Waals surface area contributed by atoms with Gasteiger partial charge in [-0.3, -0.25) is 4.79 Å². The van der Waals surface area contributed by atoms with Crippen LogP contribution < -0.4 is 5.73 Å². The second-order valence-electron chi connectivity index (χ2n) is 5.67. The number of benzene rings is 1. The van der Waals surface area contributed by atoms with Gasteiger partial charge >= 0.3 is 0 Å². The third-order valence-corrected chi connectivity index (χ3v) is 5.48. The van der Waals surface area contributed by atoms with Gasteiger partial charge < -0.3 is 10.6 Å². The summed E-state index contributed by atoms with van der Waals surface area (Å²) in [6.45, 7) is 2.04. The molecule has 0 saturated heterocycles. The number of nitrogen functional groups attached to an aromatic ring is 1. The van der Waals surface area contributed by atoms with Crippen LogP contribution in [-0.4, -0.2) is 17.9 Å². The SMILES string of the molecule is CC(c1cccc(N)c1)N(C)C(=O)c1cc2c(s1)CCC2. The number of hydrogen-bond donors (Lipinski definition) is 1. The van der Waals surface area contributed by atoms with Crippen LogP contribution in [0.1, 0.15) is 45.1 Å². The Morgan fingerprint density at radius 1 is 1.33 bits per heavy atom. The van der Waals surface area contributed by atoms with Crippen molar-refractivity contribution in [3.63, 3.8) is 0 Å². The molecule has 1 amide bonds. The van der Waals surface area contributed by atoms with E-state index in [1.165, 1.54) is 16.9 Å². The Kier molecular flexibility index (Phi) is 3.72. The zero-order chi connectivity index (χ0) is 15.0. The lowest BCUT2D eigenvalue weighted by Crippen LogP contribution is -2.29. The summed E-state index contributed by atoms with van der Waals surface area (Å²) in [5.74, 6) is 0.101. The quantitative estimate of drug-likeness (QED) is 0.879. The summed E-state index contributed by atoms with van der Waals surface area (Å²) in [5.41, 5.74) is 9.00. The van der Waals surface area contributed by atoms with E-state index in [9.17, 15) is 4.79 Å². The van der Waals surface area contributed by atoms with Crippen LogP contribution in [0, 0.1) is 0 Å². The number of hydrogen-bond acceptors (Lipinski definition) is 3. The molecule has 4 heteroatoms. The molecule has 0 bridgehead atoms. The number of nitrogens with zero attached hydrogens (tertiary/aromatic N) is 1. The summed E-state index contributed by atoms with van der Waals surface area (Å²) in [7, 11) is 1.86. The molecule has 0 spiro atoms. The highest BCUT2D eigenvalue weighted by atomic mass is 32.1. The molecule has 110 valence electrons. The molecule has 2 N–H and O–H groups in total. The molecule has 0 aliphatic heterocycles. The average molecular weight is 300 g/mol. The highest BCUT2D eigenvalue weighted by Gasteiger charge is 2.23. The molecule has 3 rings (SSSR count). The number of carbonyl (C=O) groups excluding carboxylic acids is 1. The summed E-state index contributed by atoms with van der Waals surface area (Å²) in [5, 5.41) is 0. The van der Waals surface area contributed by atoms with Gasteiger partial charge in [0.2, 0.25) is 0 Å². The van der Waals surface area contributed by atoms with Crippen molar-refractivity contribution in [2.24, 2.45) is 0 Å². The van der Waals surface area contributed by atoms with E-state index in [1.807, 2.05) is 38.2 Å². The van der Waals surface area contributed by atoms with Gasteiger partial charge in [0.25, 0.3) is 5.91 Å². The van der Waals surface area contributed by atoms with Crippen LogP contribution in [0.15, 0.2) is 30.3 Å². The van der Waals surface area contributed by atoms with Crippen LogP contribution in [-0.2, 0) is 12.8 Å². The predicted molar refractivity (Wildman–Crippen MR) is 87.7 cm³/mol. The number of rotatable bonds is 3. The first kappa shape index (κ1) is 14.1. The van der Waals surface area contributed by atoms with E-state index in [4.69, 9.17) is 5.73 Å². The third-order valence-electron chi connectivity index (χ3n) is 4.25. The third kappa shape index (κ3) is 2.68. The number of carbonyl (C=O) groups is 1. The summed E-state index contributed by atoms with van der Waals surface area (Å²) in [6.07, 6.45) is 3.47. The molecule has 21 heavy (non-hydrogen) atoms. The maximum absolute atomic E-state index is 12.7. The number of fused-ring (bicyclic) bond motifs is 1. The Hall–Kier alpha value is -1.81. The second-order valence-corrected chi connectivity index (χ2v) is 6.81. The van der Waals surface area contributed by atoms with E-state index < -0.39 is 0 Å². The fourth-order valence-corrected chi connectivity index (χ4v) is 4.06. The summed E-state index contributed by atoms with van der Waals surface area (Å²) >= 11 is 1.66. The molecule has 1 atom stereocenters. The number of nitrogens with two attached hydrogens (primary N) is 1. The summed E-state index contributed by atoms with van der Waals surface area (Å²) in [4.78, 5) is 16.7. The van der Waals surface area contributed by atoms with E-state index >= 15 is 0 Å². The van der Waals surface area contributed by atoms with Crippen LogP contribution >= 0.6 is 11.3 Å². The summed E-state index contributed by atoms with van der Waals surface area (Å²) in [6, 6.07) is 9.83. The minimum Gasteiger partial charge on any atom is -0.399 e. The smallest absolute Gasteiger partial charge is 0.264 e. The highest BCUT2D eigenvalue weighted by molar-refractivity contribution is 7.14. The maximum Gasteiger partial charge on any atom is 0.264 e. The van der Waals surface area contributed by atoms with Gasteiger partial charge in [-0.1, -0.05) is 12.1 Å². The molecule has 1 unspecified atom stereocenters. The molecule has 1 aliphatic rings. The summed E-state index contributed by atoms with van der Waals surface area (Å²) < 4.78 is 0. The van der Waals surface area contributed by atoms with Crippen LogP contribution in [0.25, 0.3) is 0 Å². The average Bonchev–Trinajstić information content (AvgIpc) is 3.06. The van der Waals surface area contributed by atoms with Gasteiger partial charge in [-0.2, -0.15) is 0 Å². The molecule has 0 saturated carbocycles. The molecular formula is C17H20N2OS. The monoisotopic (exact) mass is 300 g/mol. The van der Waals surface area contributed by atoms with E-state index in [0.29, 0.717) is 0 Å². The lowest BCUT2D eigenvalue weighted by Gasteiger charge is -2.25. The van der Waals surface area contributed by atoms with E-state index in [2.05, 4.69) is 6.07 Å². The van der Waals surface area contributed by atoms with Crippen molar-refractivity contribution in [3.8, 4) is 0 Å². The molecule has 1 aromatic heterocycles. The first-order chi connectivity index (χ1) is 10.1. The molecule has 1 aromatic carbocycles. The van der Waals surface area contributed by atoms with Crippen molar-refractivity contribution in [2.45, 2.75) is 32.2 Å². The molecule has 0 radical (unpaired) electrons. The second kappa shape index (κ2) is 5.53. The van der Waals surface area contributed by atoms with Gasteiger partial charge in [0, 0.05) is 17.6 Å². The van der Waals surface area contributed by atoms with Crippen molar-refractivity contribution in [1.82, 2.24) is 4.90 Å². The largest absolute Gasteiger partial charge is 0.399 e. The van der Waals surface area contributed by atoms with Crippen molar-refractivity contribution < 1.29 is 4.79 Å². The number of amides is 1. The maximum atomic E-state index is 12.7. The van der Waals surface area contributed by atoms with E-state index in [1.54, 1.807) is 16.2 Å². The zero-order valence-corrected chi connectivity index (χ0v) is 13.2. The molecule has 0 fully saturated rings. The Labute approximate surface area is 129 Å². The van der Waals surface area contributed by atoms with Crippen molar-refractivity contribution >= 4 is 22.9 Å². The molecule has 3 nitrogen and oxygen atoms in total. The Bertz CT molecular complexity index is 656. The van der Waals surface area contributed by atoms with E-state index in [-0.39, 0.29) is 11.9 Å². The first-order valence-electron chi connectivity index (χ1n) is 7.30. The van der Waals surface area contributed by atoms with Gasteiger partial charge in [-0.05, 0) is 55.5 Å². The first-order valence-corrected chi connectivity index (χ1v) is 8.12. The number of thiophene rings is 1. The van der Waals surface area contributed by atoms with Crippen LogP contribution in [0.3, 0.4) is 0 Å². The fourth-order valence-electron chi connectivity index (χ4n) is 2.83. The van der Waals surface area contributed by atoms with Gasteiger partial charge in [0.15, 0.2) is 0 Å². The van der Waals surface area contributed by atoms with Crippen molar-refractivity contribution in [2.75, 3.05) is 12.8 Å². The lowest BCUT2D eigenvalue weighted by molar-refractivity contribution is 0.0747. The van der Waals surface area contributed by atoms with Gasteiger partial charge in [0.1, 0.15) is 0 Å². The fraction of sp³-hybridized carbons (Fsp3) is 0.353. The zero-order valence-electron chi connectivity index (χ0n) is 12.4. The van der Waals surface area contributed by atoms with Gasteiger partial charge in [0.05, 0.1) is 10.9 Å². The molecular weight excluding hydrogens is 280 g/mol. The number of aryl methyl sites for hydroxylation is 2. The van der Waals surface area contributed by atoms with E-state index in [0.717, 1.165) is 29.0 Å². The Morgan fingerprint density at radius 3 is 2.86 bits per heavy atom. The van der Waals surface area contributed by atoms with Gasteiger partial charge in [-0.25, -0.2) is 0 Å². The Morgan fingerprint density at radius 2 is 2.14 bits per heavy atom.